The normalized spacial score (nSPS) is 23.6. The van der Waals surface area contributed by atoms with E-state index in [-0.39, 0.29) is 18.0 Å². The highest BCUT2D eigenvalue weighted by molar-refractivity contribution is 6.35. The Bertz CT molecular complexity index is 1460. The maximum absolute atomic E-state index is 12.4. The van der Waals surface area contributed by atoms with Gasteiger partial charge in [0.2, 0.25) is 5.91 Å². The first-order chi connectivity index (χ1) is 19.8. The fraction of sp³-hybridized carbons (Fsp3) is 0.469. The van der Waals surface area contributed by atoms with Crippen LogP contribution in [-0.4, -0.2) is 89.5 Å². The smallest absolute Gasteiger partial charge is 0.318 e. The number of hydrogen-bond donors (Lipinski definition) is 0. The maximum atomic E-state index is 12.4. The van der Waals surface area contributed by atoms with Crippen LogP contribution in [0.2, 0.25) is 5.02 Å². The van der Waals surface area contributed by atoms with Crippen molar-refractivity contribution in [3.05, 3.63) is 70.9 Å². The molecule has 3 aliphatic heterocycles. The number of carbonyl (C=O) groups excluding carboxylic acids is 1. The number of rotatable bonds is 6. The van der Waals surface area contributed by atoms with Gasteiger partial charge in [0.15, 0.2) is 0 Å². The molecule has 0 N–H and O–H groups in total. The third kappa shape index (κ3) is 5.41. The lowest BCUT2D eigenvalue weighted by molar-refractivity contribution is -0.128. The Labute approximate surface area is 247 Å². The number of fused-ring (bicyclic) bond motifs is 2. The number of piperazine rings is 1. The van der Waals surface area contributed by atoms with Gasteiger partial charge in [-0.05, 0) is 63.5 Å². The number of ether oxygens (including phenoxy) is 1. The predicted molar refractivity (Wildman–Crippen MR) is 164 cm³/mol. The molecule has 2 aromatic carbocycles. The van der Waals surface area contributed by atoms with E-state index in [9.17, 15) is 4.79 Å². The average molecular weight is 575 g/mol. The molecule has 0 bridgehead atoms. The van der Waals surface area contributed by atoms with E-state index < -0.39 is 0 Å². The molecule has 6 rings (SSSR count). The summed E-state index contributed by atoms with van der Waals surface area (Å²) in [5.41, 5.74) is 3.37. The molecule has 8 nitrogen and oxygen atoms in total. The summed E-state index contributed by atoms with van der Waals surface area (Å²) in [7, 11) is 4.32. The third-order valence-electron chi connectivity index (χ3n) is 9.08. The van der Waals surface area contributed by atoms with E-state index in [1.54, 1.807) is 0 Å². The molecule has 0 spiro atoms. The maximum Gasteiger partial charge on any atom is 0.318 e. The van der Waals surface area contributed by atoms with Crippen molar-refractivity contribution >= 4 is 34.1 Å². The molecular formula is C32H39ClN6O2. The lowest BCUT2D eigenvalue weighted by Crippen LogP contribution is -2.54. The highest BCUT2D eigenvalue weighted by atomic mass is 35.5. The molecule has 0 aliphatic carbocycles. The zero-order valence-electron chi connectivity index (χ0n) is 24.2. The minimum Gasteiger partial charge on any atom is -0.462 e. The fourth-order valence-corrected chi connectivity index (χ4v) is 7.04. The zero-order chi connectivity index (χ0) is 28.7. The summed E-state index contributed by atoms with van der Waals surface area (Å²) < 4.78 is 6.32. The van der Waals surface area contributed by atoms with Gasteiger partial charge in [-0.3, -0.25) is 9.69 Å². The molecule has 41 heavy (non-hydrogen) atoms. The summed E-state index contributed by atoms with van der Waals surface area (Å²) in [5.74, 6) is 0.895. The van der Waals surface area contributed by atoms with Crippen molar-refractivity contribution in [1.82, 2.24) is 24.7 Å². The minimum atomic E-state index is -0.0251. The number of benzene rings is 2. The van der Waals surface area contributed by atoms with Gasteiger partial charge in [-0.1, -0.05) is 48.5 Å². The van der Waals surface area contributed by atoms with Crippen LogP contribution in [0.4, 0.5) is 5.82 Å². The van der Waals surface area contributed by atoms with Crippen LogP contribution >= 0.6 is 11.6 Å². The SMILES string of the molecule is C=CC(=O)N1CCN(c2nc(OCC3CCCN3C)nc3c2CN(C)C(c2cccc4cccc(Cl)c24)C3)C[C@H]1C. The lowest BCUT2D eigenvalue weighted by atomic mass is 9.90. The number of hydrogen-bond acceptors (Lipinski definition) is 7. The quantitative estimate of drug-likeness (QED) is 0.395. The van der Waals surface area contributed by atoms with Gasteiger partial charge in [0.05, 0.1) is 5.69 Å². The number of likely N-dealkylation sites (tertiary alicyclic amines) is 1. The first kappa shape index (κ1) is 27.9. The number of amides is 1. The topological polar surface area (TPSA) is 65.0 Å². The van der Waals surface area contributed by atoms with E-state index in [0.29, 0.717) is 44.8 Å². The van der Waals surface area contributed by atoms with E-state index in [1.165, 1.54) is 18.1 Å². The van der Waals surface area contributed by atoms with E-state index in [4.69, 9.17) is 26.3 Å². The Balaban J connectivity index is 1.36. The molecule has 1 amide bonds. The third-order valence-corrected chi connectivity index (χ3v) is 9.40. The first-order valence-electron chi connectivity index (χ1n) is 14.6. The van der Waals surface area contributed by atoms with Gasteiger partial charge in [-0.2, -0.15) is 9.97 Å². The molecule has 2 saturated heterocycles. The van der Waals surface area contributed by atoms with Crippen LogP contribution in [0.15, 0.2) is 49.1 Å². The minimum absolute atomic E-state index is 0.0251. The van der Waals surface area contributed by atoms with Crippen LogP contribution < -0.4 is 9.64 Å². The average Bonchev–Trinajstić information content (AvgIpc) is 3.39. The van der Waals surface area contributed by atoms with Crippen LogP contribution in [-0.2, 0) is 17.8 Å². The van der Waals surface area contributed by atoms with Crippen molar-refractivity contribution in [3.63, 3.8) is 0 Å². The van der Waals surface area contributed by atoms with Crippen molar-refractivity contribution in [3.8, 4) is 6.01 Å². The molecule has 3 aliphatic rings. The molecule has 0 radical (unpaired) electrons. The van der Waals surface area contributed by atoms with E-state index in [0.717, 1.165) is 52.3 Å². The fourth-order valence-electron chi connectivity index (χ4n) is 6.75. The van der Waals surface area contributed by atoms with Gasteiger partial charge in [0, 0.05) is 66.7 Å². The van der Waals surface area contributed by atoms with Gasteiger partial charge in [0.25, 0.3) is 0 Å². The summed E-state index contributed by atoms with van der Waals surface area (Å²) in [6, 6.07) is 13.5. The number of halogens is 1. The second kappa shape index (κ2) is 11.6. The first-order valence-corrected chi connectivity index (χ1v) is 15.0. The highest BCUT2D eigenvalue weighted by Gasteiger charge is 2.34. The summed E-state index contributed by atoms with van der Waals surface area (Å²) in [5, 5.41) is 3.01. The number of aromatic nitrogens is 2. The molecule has 3 atom stereocenters. The summed E-state index contributed by atoms with van der Waals surface area (Å²) in [4.78, 5) is 31.4. The number of likely N-dealkylation sites (N-methyl/N-ethyl adjacent to an activating group) is 2. The van der Waals surface area contributed by atoms with Crippen molar-refractivity contribution < 1.29 is 9.53 Å². The molecule has 2 fully saturated rings. The zero-order valence-corrected chi connectivity index (χ0v) is 25.0. The van der Waals surface area contributed by atoms with Crippen molar-refractivity contribution in [1.29, 1.82) is 0 Å². The van der Waals surface area contributed by atoms with Crippen molar-refractivity contribution in [2.75, 3.05) is 51.8 Å². The Kier molecular flexibility index (Phi) is 7.90. The number of carbonyl (C=O) groups is 1. The summed E-state index contributed by atoms with van der Waals surface area (Å²) in [6.07, 6.45) is 4.45. The molecule has 2 unspecified atom stereocenters. The van der Waals surface area contributed by atoms with E-state index in [1.807, 2.05) is 17.0 Å². The van der Waals surface area contributed by atoms with Crippen molar-refractivity contribution in [2.24, 2.45) is 0 Å². The Morgan fingerprint density at radius 2 is 1.93 bits per heavy atom. The van der Waals surface area contributed by atoms with E-state index in [2.05, 4.69) is 66.6 Å². The number of nitrogens with zero attached hydrogens (tertiary/aromatic N) is 6. The van der Waals surface area contributed by atoms with E-state index >= 15 is 0 Å². The highest BCUT2D eigenvalue weighted by Crippen LogP contribution is 2.40. The van der Waals surface area contributed by atoms with Gasteiger partial charge < -0.3 is 19.4 Å². The van der Waals surface area contributed by atoms with Gasteiger partial charge in [0.1, 0.15) is 12.4 Å². The molecule has 0 saturated carbocycles. The Morgan fingerprint density at radius 3 is 2.66 bits per heavy atom. The summed E-state index contributed by atoms with van der Waals surface area (Å²) >= 11 is 6.75. The molecule has 1 aromatic heterocycles. The van der Waals surface area contributed by atoms with Crippen LogP contribution in [0.25, 0.3) is 10.8 Å². The second-order valence-electron chi connectivity index (χ2n) is 11.7. The standard InChI is InChI=1S/C32H39ClN6O2/c1-5-29(40)39-16-15-38(18-21(39)2)31-25-19-37(4)28(24-12-6-9-22-10-7-13-26(33)30(22)24)17-27(25)34-32(35-31)41-20-23-11-8-14-36(23)3/h5-7,9-10,12-13,21,23,28H,1,8,11,14-20H2,2-4H3/t21-,23?,28?/m1/s1. The summed E-state index contributed by atoms with van der Waals surface area (Å²) in [6.45, 7) is 10.2. The second-order valence-corrected chi connectivity index (χ2v) is 12.1. The van der Waals surface area contributed by atoms with Gasteiger partial charge >= 0.3 is 6.01 Å². The molecule has 9 heteroatoms. The molecule has 216 valence electrons. The molecule has 4 heterocycles. The molecule has 3 aromatic rings. The monoisotopic (exact) mass is 574 g/mol. The lowest BCUT2D eigenvalue weighted by Gasteiger charge is -2.42. The van der Waals surface area contributed by atoms with Crippen LogP contribution in [0.5, 0.6) is 6.01 Å². The van der Waals surface area contributed by atoms with Gasteiger partial charge in [-0.15, -0.1) is 0 Å². The van der Waals surface area contributed by atoms with Crippen LogP contribution in [0.1, 0.15) is 42.6 Å². The van der Waals surface area contributed by atoms with Crippen LogP contribution in [0, 0.1) is 0 Å². The predicted octanol–water partition coefficient (Wildman–Crippen LogP) is 4.71. The molecular weight excluding hydrogens is 536 g/mol. The Morgan fingerprint density at radius 1 is 1.12 bits per heavy atom. The van der Waals surface area contributed by atoms with Crippen LogP contribution in [0.3, 0.4) is 0 Å². The van der Waals surface area contributed by atoms with Gasteiger partial charge in [-0.25, -0.2) is 0 Å². The number of anilines is 1. The largest absolute Gasteiger partial charge is 0.462 e. The van der Waals surface area contributed by atoms with Crippen molar-refractivity contribution in [2.45, 2.75) is 50.9 Å². The Hall–Kier alpha value is -3.20.